The van der Waals surface area contributed by atoms with Crippen molar-refractivity contribution >= 4 is 24.0 Å². The summed E-state index contributed by atoms with van der Waals surface area (Å²) in [6.45, 7) is 2.84. The van der Waals surface area contributed by atoms with Crippen LogP contribution in [0.5, 0.6) is 5.75 Å². The summed E-state index contributed by atoms with van der Waals surface area (Å²) in [5.41, 5.74) is 1.33. The lowest BCUT2D eigenvalue weighted by Crippen LogP contribution is -2.00. The average Bonchev–Trinajstić information content (AvgIpc) is 2.85. The van der Waals surface area contributed by atoms with Crippen molar-refractivity contribution in [2.24, 2.45) is 0 Å². The Kier molecular flexibility index (Phi) is 5.47. The summed E-state index contributed by atoms with van der Waals surface area (Å²) in [5, 5.41) is 5.71. The van der Waals surface area contributed by atoms with E-state index in [1.54, 1.807) is 11.8 Å². The van der Waals surface area contributed by atoms with Crippen molar-refractivity contribution in [2.75, 3.05) is 12.4 Å². The minimum Gasteiger partial charge on any atom is -0.493 e. The smallest absolute Gasteiger partial charge is 0.213 e. The Bertz CT molecular complexity index is 548. The van der Waals surface area contributed by atoms with Crippen LogP contribution >= 0.6 is 24.0 Å². The van der Waals surface area contributed by atoms with E-state index in [9.17, 15) is 0 Å². The number of nitrogens with zero attached hydrogens (tertiary/aromatic N) is 1. The SMILES string of the molecule is CCc1ccc(OCCSCc2nc(=S)[nH][nH]2)cc1. The third kappa shape index (κ3) is 4.72. The highest BCUT2D eigenvalue weighted by molar-refractivity contribution is 7.98. The number of aromatic amines is 2. The van der Waals surface area contributed by atoms with Gasteiger partial charge in [0.1, 0.15) is 11.6 Å². The molecule has 0 bridgehead atoms. The summed E-state index contributed by atoms with van der Waals surface area (Å²) in [7, 11) is 0. The van der Waals surface area contributed by atoms with Crippen molar-refractivity contribution < 1.29 is 4.74 Å². The fourth-order valence-electron chi connectivity index (χ4n) is 1.58. The number of H-pyrrole nitrogens is 2. The van der Waals surface area contributed by atoms with Crippen molar-refractivity contribution in [1.29, 1.82) is 0 Å². The van der Waals surface area contributed by atoms with Crippen LogP contribution < -0.4 is 4.74 Å². The lowest BCUT2D eigenvalue weighted by atomic mass is 10.2. The number of hydrogen-bond donors (Lipinski definition) is 2. The lowest BCUT2D eigenvalue weighted by molar-refractivity contribution is 0.344. The number of benzene rings is 1. The van der Waals surface area contributed by atoms with Crippen molar-refractivity contribution in [2.45, 2.75) is 19.1 Å². The zero-order valence-electron chi connectivity index (χ0n) is 10.8. The molecule has 0 atom stereocenters. The van der Waals surface area contributed by atoms with Gasteiger partial charge in [-0.05, 0) is 36.3 Å². The van der Waals surface area contributed by atoms with E-state index in [0.29, 0.717) is 11.4 Å². The molecule has 19 heavy (non-hydrogen) atoms. The Labute approximate surface area is 122 Å². The van der Waals surface area contributed by atoms with E-state index in [-0.39, 0.29) is 0 Å². The zero-order chi connectivity index (χ0) is 13.5. The number of ether oxygens (including phenoxy) is 1. The molecule has 0 fully saturated rings. The predicted molar refractivity (Wildman–Crippen MR) is 81.2 cm³/mol. The minimum atomic E-state index is 0.503. The Morgan fingerprint density at radius 1 is 1.26 bits per heavy atom. The minimum absolute atomic E-state index is 0.503. The summed E-state index contributed by atoms with van der Waals surface area (Å²) >= 11 is 6.65. The van der Waals surface area contributed by atoms with Gasteiger partial charge in [-0.15, -0.1) is 0 Å². The second-order valence-corrected chi connectivity index (χ2v) is 5.50. The molecule has 0 aliphatic carbocycles. The molecule has 2 N–H and O–H groups in total. The molecule has 1 aromatic heterocycles. The lowest BCUT2D eigenvalue weighted by Gasteiger charge is -2.06. The van der Waals surface area contributed by atoms with E-state index in [1.807, 2.05) is 12.1 Å². The molecular weight excluding hydrogens is 278 g/mol. The number of aromatic nitrogens is 3. The van der Waals surface area contributed by atoms with E-state index in [0.717, 1.165) is 29.5 Å². The van der Waals surface area contributed by atoms with Crippen LogP contribution in [-0.2, 0) is 12.2 Å². The monoisotopic (exact) mass is 295 g/mol. The molecule has 2 rings (SSSR count). The van der Waals surface area contributed by atoms with Crippen LogP contribution in [0.1, 0.15) is 18.3 Å². The van der Waals surface area contributed by atoms with Crippen molar-refractivity contribution in [3.63, 3.8) is 0 Å². The maximum atomic E-state index is 5.67. The number of nitrogens with one attached hydrogen (secondary N) is 2. The molecule has 0 aliphatic heterocycles. The quantitative estimate of drug-likeness (QED) is 0.607. The van der Waals surface area contributed by atoms with Gasteiger partial charge >= 0.3 is 0 Å². The van der Waals surface area contributed by atoms with Gasteiger partial charge in [0, 0.05) is 5.75 Å². The molecule has 0 saturated carbocycles. The molecule has 0 spiro atoms. The summed E-state index contributed by atoms with van der Waals surface area (Å²) in [4.78, 5) is 4.13. The van der Waals surface area contributed by atoms with Gasteiger partial charge in [0.25, 0.3) is 0 Å². The first kappa shape index (κ1) is 14.1. The molecule has 0 amide bonds. The Hall–Kier alpha value is -1.27. The molecule has 0 saturated heterocycles. The van der Waals surface area contributed by atoms with Crippen molar-refractivity contribution in [1.82, 2.24) is 15.2 Å². The first-order chi connectivity index (χ1) is 9.28. The number of hydrogen-bond acceptors (Lipinski definition) is 4. The number of rotatable bonds is 7. The summed E-state index contributed by atoms with van der Waals surface area (Å²) in [6, 6.07) is 8.25. The van der Waals surface area contributed by atoms with Gasteiger partial charge in [-0.2, -0.15) is 11.8 Å². The van der Waals surface area contributed by atoms with Gasteiger partial charge in [-0.3, -0.25) is 10.2 Å². The van der Waals surface area contributed by atoms with Gasteiger partial charge in [-0.25, -0.2) is 4.98 Å². The fraction of sp³-hybridized carbons (Fsp3) is 0.385. The highest BCUT2D eigenvalue weighted by Gasteiger charge is 1.98. The largest absolute Gasteiger partial charge is 0.493 e. The Balaban J connectivity index is 1.64. The molecule has 0 unspecified atom stereocenters. The summed E-state index contributed by atoms with van der Waals surface area (Å²) in [5.74, 6) is 3.54. The molecular formula is C13H17N3OS2. The van der Waals surface area contributed by atoms with E-state index >= 15 is 0 Å². The van der Waals surface area contributed by atoms with Crippen LogP contribution in [0.3, 0.4) is 0 Å². The van der Waals surface area contributed by atoms with Crippen LogP contribution in [0.25, 0.3) is 0 Å². The van der Waals surface area contributed by atoms with E-state index in [4.69, 9.17) is 17.0 Å². The maximum absolute atomic E-state index is 5.67. The normalized spacial score (nSPS) is 10.6. The molecule has 2 aromatic rings. The molecule has 0 radical (unpaired) electrons. The van der Waals surface area contributed by atoms with Crippen LogP contribution in [0.2, 0.25) is 0 Å². The molecule has 102 valence electrons. The first-order valence-electron chi connectivity index (χ1n) is 6.21. The summed E-state index contributed by atoms with van der Waals surface area (Å²) in [6.07, 6.45) is 1.06. The Morgan fingerprint density at radius 2 is 2.05 bits per heavy atom. The van der Waals surface area contributed by atoms with Gasteiger partial charge in [-0.1, -0.05) is 19.1 Å². The Morgan fingerprint density at radius 3 is 2.68 bits per heavy atom. The maximum Gasteiger partial charge on any atom is 0.213 e. The number of aryl methyl sites for hydroxylation is 1. The zero-order valence-corrected chi connectivity index (χ0v) is 12.4. The first-order valence-corrected chi connectivity index (χ1v) is 7.77. The van der Waals surface area contributed by atoms with Gasteiger partial charge in [0.2, 0.25) is 4.77 Å². The standard InChI is InChI=1S/C13H17N3OS2/c1-2-10-3-5-11(6-4-10)17-7-8-19-9-12-14-13(18)16-15-12/h3-6H,2,7-9H2,1H3,(H2,14,15,16,18). The molecule has 4 nitrogen and oxygen atoms in total. The van der Waals surface area contributed by atoms with Crippen LogP contribution in [0.4, 0.5) is 0 Å². The van der Waals surface area contributed by atoms with E-state index in [2.05, 4.69) is 34.2 Å². The topological polar surface area (TPSA) is 53.7 Å². The highest BCUT2D eigenvalue weighted by atomic mass is 32.2. The average molecular weight is 295 g/mol. The summed E-state index contributed by atoms with van der Waals surface area (Å²) < 4.78 is 6.17. The number of thioether (sulfide) groups is 1. The van der Waals surface area contributed by atoms with Gasteiger partial charge < -0.3 is 4.74 Å². The van der Waals surface area contributed by atoms with Crippen molar-refractivity contribution in [3.05, 3.63) is 40.4 Å². The van der Waals surface area contributed by atoms with Crippen LogP contribution in [0.15, 0.2) is 24.3 Å². The van der Waals surface area contributed by atoms with E-state index < -0.39 is 0 Å². The van der Waals surface area contributed by atoms with Crippen LogP contribution in [-0.4, -0.2) is 27.5 Å². The highest BCUT2D eigenvalue weighted by Crippen LogP contribution is 2.13. The molecule has 1 aromatic carbocycles. The molecule has 6 heteroatoms. The van der Waals surface area contributed by atoms with Gasteiger partial charge in [0.05, 0.1) is 12.4 Å². The molecule has 0 aliphatic rings. The second kappa shape index (κ2) is 7.35. The predicted octanol–water partition coefficient (Wildman–Crippen LogP) is 3.34. The third-order valence-electron chi connectivity index (χ3n) is 2.62. The second-order valence-electron chi connectivity index (χ2n) is 4.01. The molecule has 1 heterocycles. The van der Waals surface area contributed by atoms with Gasteiger partial charge in [0.15, 0.2) is 0 Å². The van der Waals surface area contributed by atoms with Crippen molar-refractivity contribution in [3.8, 4) is 5.75 Å². The van der Waals surface area contributed by atoms with E-state index in [1.165, 1.54) is 5.56 Å². The fourth-order valence-corrected chi connectivity index (χ4v) is 2.42. The third-order valence-corrected chi connectivity index (χ3v) is 3.74. The van der Waals surface area contributed by atoms with Crippen LogP contribution in [0, 0.1) is 4.77 Å².